The number of aliphatic carboxylic acids is 2. The van der Waals surface area contributed by atoms with Crippen molar-refractivity contribution < 1.29 is 39.3 Å². The van der Waals surface area contributed by atoms with E-state index in [2.05, 4.69) is 0 Å². The van der Waals surface area contributed by atoms with Crippen LogP contribution in [0.25, 0.3) is 0 Å². The second kappa shape index (κ2) is 21.4. The predicted octanol–water partition coefficient (Wildman–Crippen LogP) is 5.31. The smallest absolute Gasteiger partial charge is 0.550 e. The molecule has 0 aromatic heterocycles. The van der Waals surface area contributed by atoms with Gasteiger partial charge in [0.25, 0.3) is 0 Å². The van der Waals surface area contributed by atoms with E-state index in [1.807, 2.05) is 0 Å². The molecule has 2 aliphatic carbocycles. The molecule has 0 atom stereocenters. The van der Waals surface area contributed by atoms with Gasteiger partial charge in [-0.25, -0.2) is 0 Å². The first-order valence-corrected chi connectivity index (χ1v) is 13.0. The maximum Gasteiger partial charge on any atom is 2.00 e. The van der Waals surface area contributed by atoms with Crippen molar-refractivity contribution in [3.8, 4) is 0 Å². The largest absolute Gasteiger partial charge is 2.00 e. The Labute approximate surface area is 204 Å². The molecule has 2 rings (SSSR count). The molecule has 2 fully saturated rings. The summed E-state index contributed by atoms with van der Waals surface area (Å²) in [6.45, 7) is 0. The molecular weight excluding hydrogens is 442 g/mol. The van der Waals surface area contributed by atoms with E-state index < -0.39 is 11.9 Å². The van der Waals surface area contributed by atoms with E-state index >= 15 is 0 Å². The summed E-state index contributed by atoms with van der Waals surface area (Å²) in [6.07, 6.45) is 25.6. The number of carboxylic acids is 2. The van der Waals surface area contributed by atoms with Gasteiger partial charge in [-0.2, -0.15) is 0 Å². The summed E-state index contributed by atoms with van der Waals surface area (Å²) in [6, 6.07) is 0. The minimum Gasteiger partial charge on any atom is -0.550 e. The minimum atomic E-state index is -0.827. The second-order valence-corrected chi connectivity index (χ2v) is 9.55. The van der Waals surface area contributed by atoms with Crippen molar-refractivity contribution in [1.29, 1.82) is 0 Å². The number of hydrogen-bond acceptors (Lipinski definition) is 4. The van der Waals surface area contributed by atoms with Crippen molar-refractivity contribution in [2.45, 2.75) is 141 Å². The topological polar surface area (TPSA) is 80.3 Å². The third-order valence-electron chi connectivity index (χ3n) is 6.88. The van der Waals surface area contributed by atoms with Crippen molar-refractivity contribution >= 4 is 11.9 Å². The molecule has 0 saturated heterocycles. The molecule has 2 saturated carbocycles. The van der Waals surface area contributed by atoms with Gasteiger partial charge in [-0.3, -0.25) is 0 Å². The summed E-state index contributed by atoms with van der Waals surface area (Å²) in [5, 5.41) is 21.7. The third-order valence-corrected chi connectivity index (χ3v) is 6.88. The Morgan fingerprint density at radius 2 is 0.548 bits per heavy atom. The number of rotatable bonds is 2. The van der Waals surface area contributed by atoms with Crippen LogP contribution in [-0.4, -0.2) is 11.9 Å². The SMILES string of the molecule is O=C([O-])C1CCCCCCCCCCC1.O=C([O-])C1CCCCCCCCCCC1.[Zn+2]. The van der Waals surface area contributed by atoms with Gasteiger partial charge in [0.15, 0.2) is 0 Å². The number of hydrogen-bond donors (Lipinski definition) is 0. The second-order valence-electron chi connectivity index (χ2n) is 9.55. The molecule has 0 bridgehead atoms. The Bertz CT molecular complexity index is 377. The fourth-order valence-corrected chi connectivity index (χ4v) is 4.80. The van der Waals surface area contributed by atoms with Crippen LogP contribution in [0, 0.1) is 11.8 Å². The molecular formula is C26H46O4Zn. The molecule has 0 aromatic rings. The van der Waals surface area contributed by atoms with Crippen LogP contribution in [-0.2, 0) is 29.1 Å². The molecule has 0 heterocycles. The van der Waals surface area contributed by atoms with E-state index in [-0.39, 0.29) is 31.3 Å². The first-order chi connectivity index (χ1) is 14.6. The van der Waals surface area contributed by atoms with Crippen LogP contribution < -0.4 is 10.2 Å². The number of carbonyl (C=O) groups excluding carboxylic acids is 2. The molecule has 0 aromatic carbocycles. The maximum absolute atomic E-state index is 10.9. The molecule has 0 aliphatic heterocycles. The number of carbonyl (C=O) groups is 2. The normalized spacial score (nSPS) is 21.9. The first-order valence-electron chi connectivity index (χ1n) is 13.0. The van der Waals surface area contributed by atoms with Crippen LogP contribution >= 0.6 is 0 Å². The third kappa shape index (κ3) is 17.8. The Morgan fingerprint density at radius 3 is 0.710 bits per heavy atom. The summed E-state index contributed by atoms with van der Waals surface area (Å²) in [5.74, 6) is -2.01. The van der Waals surface area contributed by atoms with Gasteiger partial charge in [-0.15, -0.1) is 0 Å². The Kier molecular flexibility index (Phi) is 21.1. The van der Waals surface area contributed by atoms with Gasteiger partial charge in [-0.05, 0) is 37.5 Å². The molecule has 2 aliphatic rings. The van der Waals surface area contributed by atoms with Crippen LogP contribution in [0.3, 0.4) is 0 Å². The molecule has 0 radical (unpaired) electrons. The van der Waals surface area contributed by atoms with Crippen LogP contribution in [0.2, 0.25) is 0 Å². The standard InChI is InChI=1S/2C13H24O2.Zn/c2*14-13(15)12-10-8-6-4-2-1-3-5-7-9-11-12;/h2*12H,1-11H2,(H,14,15);/q;;+2/p-2. The van der Waals surface area contributed by atoms with Crippen LogP contribution in [0.4, 0.5) is 0 Å². The van der Waals surface area contributed by atoms with Crippen LogP contribution in [0.5, 0.6) is 0 Å². The molecule has 0 N–H and O–H groups in total. The van der Waals surface area contributed by atoms with E-state index in [9.17, 15) is 19.8 Å². The zero-order valence-corrected chi connectivity index (χ0v) is 23.0. The monoisotopic (exact) mass is 486 g/mol. The predicted molar refractivity (Wildman–Crippen MR) is 119 cm³/mol. The van der Waals surface area contributed by atoms with Crippen LogP contribution in [0.15, 0.2) is 0 Å². The van der Waals surface area contributed by atoms with Gasteiger partial charge in [0, 0.05) is 11.9 Å². The van der Waals surface area contributed by atoms with E-state index in [0.717, 1.165) is 51.4 Å². The fourth-order valence-electron chi connectivity index (χ4n) is 4.80. The molecule has 176 valence electrons. The zero-order chi connectivity index (χ0) is 21.9. The van der Waals surface area contributed by atoms with Gasteiger partial charge < -0.3 is 19.8 Å². The molecule has 0 unspecified atom stereocenters. The van der Waals surface area contributed by atoms with E-state index in [0.29, 0.717) is 0 Å². The van der Waals surface area contributed by atoms with Gasteiger partial charge >= 0.3 is 19.5 Å². The molecule has 0 spiro atoms. The van der Waals surface area contributed by atoms with E-state index in [1.165, 1.54) is 89.9 Å². The van der Waals surface area contributed by atoms with Crippen molar-refractivity contribution in [2.24, 2.45) is 11.8 Å². The van der Waals surface area contributed by atoms with Gasteiger partial charge in [0.2, 0.25) is 0 Å². The van der Waals surface area contributed by atoms with Crippen molar-refractivity contribution in [3.05, 3.63) is 0 Å². The zero-order valence-electron chi connectivity index (χ0n) is 20.1. The first kappa shape index (κ1) is 30.6. The summed E-state index contributed by atoms with van der Waals surface area (Å²) in [4.78, 5) is 21.7. The van der Waals surface area contributed by atoms with Gasteiger partial charge in [0.05, 0.1) is 0 Å². The van der Waals surface area contributed by atoms with Gasteiger partial charge in [-0.1, -0.05) is 116 Å². The Morgan fingerprint density at radius 1 is 0.387 bits per heavy atom. The average Bonchev–Trinajstić information content (AvgIpc) is 2.69. The van der Waals surface area contributed by atoms with Crippen molar-refractivity contribution in [3.63, 3.8) is 0 Å². The number of carboxylic acid groups (broad SMARTS) is 2. The molecule has 5 heteroatoms. The van der Waals surface area contributed by atoms with Crippen molar-refractivity contribution in [2.75, 3.05) is 0 Å². The van der Waals surface area contributed by atoms with Crippen LogP contribution in [0.1, 0.15) is 141 Å². The van der Waals surface area contributed by atoms with Gasteiger partial charge in [0.1, 0.15) is 0 Å². The minimum absolute atomic E-state index is 0. The quantitative estimate of drug-likeness (QED) is 0.494. The summed E-state index contributed by atoms with van der Waals surface area (Å²) in [5.41, 5.74) is 0. The average molecular weight is 488 g/mol. The Balaban J connectivity index is 0.000000562. The summed E-state index contributed by atoms with van der Waals surface area (Å²) in [7, 11) is 0. The molecule has 0 amide bonds. The van der Waals surface area contributed by atoms with Crippen molar-refractivity contribution in [1.82, 2.24) is 0 Å². The fraction of sp³-hybridized carbons (Fsp3) is 0.923. The summed E-state index contributed by atoms with van der Waals surface area (Å²) < 4.78 is 0. The summed E-state index contributed by atoms with van der Waals surface area (Å²) >= 11 is 0. The van der Waals surface area contributed by atoms with E-state index in [1.54, 1.807) is 0 Å². The molecule has 31 heavy (non-hydrogen) atoms. The van der Waals surface area contributed by atoms with E-state index in [4.69, 9.17) is 0 Å². The molecule has 4 nitrogen and oxygen atoms in total. The maximum atomic E-state index is 10.9. The Hall–Kier alpha value is -0.437.